The topological polar surface area (TPSA) is 41.6 Å². The van der Waals surface area contributed by atoms with Gasteiger partial charge in [-0.25, -0.2) is 0 Å². The van der Waals surface area contributed by atoms with Crippen molar-refractivity contribution in [2.24, 2.45) is 0 Å². The van der Waals surface area contributed by atoms with E-state index in [9.17, 15) is 4.79 Å². The number of methoxy groups -OCH3 is 1. The van der Waals surface area contributed by atoms with Gasteiger partial charge in [-0.05, 0) is 54.1 Å². The molecule has 0 unspecified atom stereocenters. The van der Waals surface area contributed by atoms with Crippen LogP contribution in [0.3, 0.4) is 0 Å². The van der Waals surface area contributed by atoms with Crippen LogP contribution >= 0.6 is 15.9 Å². The number of fused-ring (bicyclic) bond motifs is 1. The summed E-state index contributed by atoms with van der Waals surface area (Å²) in [5, 5.41) is 3.50. The van der Waals surface area contributed by atoms with Crippen LogP contribution in [-0.4, -0.2) is 13.0 Å². The van der Waals surface area contributed by atoms with E-state index in [-0.39, 0.29) is 12.1 Å². The molecule has 0 spiro atoms. The first kappa shape index (κ1) is 16.7. The number of ether oxygens (including phenoxy) is 1. The largest absolute Gasteiger partial charge is 0.497 e. The zero-order chi connectivity index (χ0) is 18.1. The molecule has 0 aromatic heterocycles. The van der Waals surface area contributed by atoms with E-state index in [4.69, 9.17) is 4.74 Å². The van der Waals surface area contributed by atoms with E-state index in [1.807, 2.05) is 72.8 Å². The molecule has 0 aliphatic carbocycles. The fourth-order valence-corrected chi connectivity index (χ4v) is 3.41. The van der Waals surface area contributed by atoms with Crippen molar-refractivity contribution in [1.29, 1.82) is 0 Å². The van der Waals surface area contributed by atoms with Crippen LogP contribution in [0.1, 0.15) is 22.1 Å². The first-order valence-corrected chi connectivity index (χ1v) is 9.05. The van der Waals surface area contributed by atoms with Gasteiger partial charge in [0, 0.05) is 15.8 Å². The quantitative estimate of drug-likeness (QED) is 0.644. The van der Waals surface area contributed by atoms with E-state index in [2.05, 4.69) is 21.2 Å². The maximum atomic E-state index is 13.3. The number of halogens is 1. The summed E-state index contributed by atoms with van der Waals surface area (Å²) in [5.74, 6) is 0.726. The van der Waals surface area contributed by atoms with Crippen LogP contribution in [0.2, 0.25) is 0 Å². The number of para-hydroxylation sites is 1. The number of carbonyl (C=O) groups excluding carboxylic acids is 1. The molecule has 130 valence electrons. The normalized spacial score (nSPS) is 16.0. The molecule has 0 fully saturated rings. The van der Waals surface area contributed by atoms with E-state index in [0.29, 0.717) is 5.56 Å². The number of nitrogens with zero attached hydrogens (tertiary/aromatic N) is 1. The minimum Gasteiger partial charge on any atom is -0.497 e. The Hall–Kier alpha value is -2.79. The standard InChI is InChI=1S/C21H17BrN2O2/c1-26-17-12-10-16(11-13-17)24-20(14-6-8-15(22)9-7-14)23-19-5-3-2-4-18(19)21(24)25/h2-13,20,23H,1H3/t20-/m0/s1. The Morgan fingerprint density at radius 1 is 0.962 bits per heavy atom. The maximum Gasteiger partial charge on any atom is 0.262 e. The Morgan fingerprint density at radius 3 is 2.35 bits per heavy atom. The van der Waals surface area contributed by atoms with Gasteiger partial charge in [-0.15, -0.1) is 0 Å². The lowest BCUT2D eigenvalue weighted by Gasteiger charge is -2.38. The van der Waals surface area contributed by atoms with Gasteiger partial charge in [-0.2, -0.15) is 0 Å². The van der Waals surface area contributed by atoms with Crippen molar-refractivity contribution in [3.05, 3.63) is 88.4 Å². The van der Waals surface area contributed by atoms with Crippen molar-refractivity contribution in [2.45, 2.75) is 6.17 Å². The second-order valence-electron chi connectivity index (χ2n) is 6.02. The number of anilines is 2. The monoisotopic (exact) mass is 408 g/mol. The molecular weight excluding hydrogens is 392 g/mol. The summed E-state index contributed by atoms with van der Waals surface area (Å²) in [5.41, 5.74) is 3.32. The number of carbonyl (C=O) groups is 1. The van der Waals surface area contributed by atoms with E-state index in [1.165, 1.54) is 0 Å². The Labute approximate surface area is 160 Å². The SMILES string of the molecule is COc1ccc(N2C(=O)c3ccccc3N[C@@H]2c2ccc(Br)cc2)cc1. The molecule has 5 heteroatoms. The first-order valence-electron chi connectivity index (χ1n) is 8.26. The Balaban J connectivity index is 1.82. The first-order chi connectivity index (χ1) is 12.7. The van der Waals surface area contributed by atoms with Gasteiger partial charge in [0.05, 0.1) is 12.7 Å². The van der Waals surface area contributed by atoms with E-state index in [0.717, 1.165) is 27.2 Å². The van der Waals surface area contributed by atoms with Crippen LogP contribution in [0.15, 0.2) is 77.3 Å². The Bertz CT molecular complexity index is 939. The van der Waals surface area contributed by atoms with Gasteiger partial charge in [-0.3, -0.25) is 9.69 Å². The summed E-state index contributed by atoms with van der Waals surface area (Å²) in [7, 11) is 1.63. The molecule has 0 saturated carbocycles. The van der Waals surface area contributed by atoms with E-state index >= 15 is 0 Å². The molecule has 0 radical (unpaired) electrons. The number of nitrogens with one attached hydrogen (secondary N) is 1. The van der Waals surface area contributed by atoms with Crippen molar-refractivity contribution >= 4 is 33.2 Å². The lowest BCUT2D eigenvalue weighted by molar-refractivity contribution is 0.0975. The van der Waals surface area contributed by atoms with Crippen LogP contribution in [0.4, 0.5) is 11.4 Å². The van der Waals surface area contributed by atoms with Crippen LogP contribution < -0.4 is 15.0 Å². The summed E-state index contributed by atoms with van der Waals surface area (Å²) < 4.78 is 6.24. The molecule has 3 aromatic rings. The molecule has 1 N–H and O–H groups in total. The molecule has 4 rings (SSSR count). The fraction of sp³-hybridized carbons (Fsp3) is 0.0952. The molecule has 26 heavy (non-hydrogen) atoms. The maximum absolute atomic E-state index is 13.3. The summed E-state index contributed by atoms with van der Waals surface area (Å²) in [6, 6.07) is 23.1. The van der Waals surface area contributed by atoms with Crippen LogP contribution in [0.25, 0.3) is 0 Å². The average Bonchev–Trinajstić information content (AvgIpc) is 2.69. The Morgan fingerprint density at radius 2 is 1.65 bits per heavy atom. The van der Waals surface area contributed by atoms with Crippen molar-refractivity contribution < 1.29 is 9.53 Å². The smallest absolute Gasteiger partial charge is 0.262 e. The summed E-state index contributed by atoms with van der Waals surface area (Å²) in [4.78, 5) is 15.1. The van der Waals surface area contributed by atoms with Crippen molar-refractivity contribution in [3.63, 3.8) is 0 Å². The average molecular weight is 409 g/mol. The van der Waals surface area contributed by atoms with Crippen molar-refractivity contribution in [1.82, 2.24) is 0 Å². The number of amides is 1. The molecule has 1 amide bonds. The highest BCUT2D eigenvalue weighted by atomic mass is 79.9. The van der Waals surface area contributed by atoms with Crippen molar-refractivity contribution in [3.8, 4) is 5.75 Å². The zero-order valence-electron chi connectivity index (χ0n) is 14.1. The third kappa shape index (κ3) is 2.95. The molecule has 1 atom stereocenters. The number of hydrogen-bond donors (Lipinski definition) is 1. The fourth-order valence-electron chi connectivity index (χ4n) is 3.14. The summed E-state index contributed by atoms with van der Waals surface area (Å²) >= 11 is 3.47. The van der Waals surface area contributed by atoms with Gasteiger partial charge in [0.25, 0.3) is 5.91 Å². The predicted octanol–water partition coefficient (Wildman–Crippen LogP) is 5.23. The number of hydrogen-bond acceptors (Lipinski definition) is 3. The minimum absolute atomic E-state index is 0.0302. The van der Waals surface area contributed by atoms with Gasteiger partial charge >= 0.3 is 0 Å². The second kappa shape index (κ2) is 6.84. The molecule has 1 aliphatic heterocycles. The zero-order valence-corrected chi connectivity index (χ0v) is 15.7. The molecule has 1 heterocycles. The van der Waals surface area contributed by atoms with Crippen LogP contribution in [0.5, 0.6) is 5.75 Å². The lowest BCUT2D eigenvalue weighted by Crippen LogP contribution is -2.43. The molecule has 4 nitrogen and oxygen atoms in total. The number of benzene rings is 3. The summed E-state index contributed by atoms with van der Waals surface area (Å²) in [6.45, 7) is 0. The third-order valence-electron chi connectivity index (χ3n) is 4.46. The molecule has 0 saturated heterocycles. The van der Waals surface area contributed by atoms with Crippen molar-refractivity contribution in [2.75, 3.05) is 17.3 Å². The highest BCUT2D eigenvalue weighted by Crippen LogP contribution is 2.37. The van der Waals surface area contributed by atoms with Gasteiger partial charge in [0.1, 0.15) is 11.9 Å². The van der Waals surface area contributed by atoms with Crippen LogP contribution in [0, 0.1) is 0 Å². The minimum atomic E-state index is -0.293. The van der Waals surface area contributed by atoms with E-state index < -0.39 is 0 Å². The van der Waals surface area contributed by atoms with E-state index in [1.54, 1.807) is 12.0 Å². The van der Waals surface area contributed by atoms with Gasteiger partial charge in [0.15, 0.2) is 0 Å². The molecule has 1 aliphatic rings. The molecule has 0 bridgehead atoms. The highest BCUT2D eigenvalue weighted by molar-refractivity contribution is 9.10. The third-order valence-corrected chi connectivity index (χ3v) is 4.99. The molecule has 3 aromatic carbocycles. The predicted molar refractivity (Wildman–Crippen MR) is 107 cm³/mol. The van der Waals surface area contributed by atoms with Crippen LogP contribution in [-0.2, 0) is 0 Å². The highest BCUT2D eigenvalue weighted by Gasteiger charge is 2.33. The molecular formula is C21H17BrN2O2. The second-order valence-corrected chi connectivity index (χ2v) is 6.93. The van der Waals surface area contributed by atoms with Gasteiger partial charge < -0.3 is 10.1 Å². The van der Waals surface area contributed by atoms with Gasteiger partial charge in [-0.1, -0.05) is 40.2 Å². The summed E-state index contributed by atoms with van der Waals surface area (Å²) in [6.07, 6.45) is -0.293. The van der Waals surface area contributed by atoms with Gasteiger partial charge in [0.2, 0.25) is 0 Å². The Kier molecular flexibility index (Phi) is 4.39. The lowest BCUT2D eigenvalue weighted by atomic mass is 10.0. The number of rotatable bonds is 3.